The molecule has 4 amide bonds. The fourth-order valence-corrected chi connectivity index (χ4v) is 10.8. The summed E-state index contributed by atoms with van der Waals surface area (Å²) in [7, 11) is 0. The van der Waals surface area contributed by atoms with E-state index in [9.17, 15) is 53.4 Å². The number of aliphatic hydroxyl groups excluding tert-OH is 3. The molecule has 81 heavy (non-hydrogen) atoms. The number of ether oxygens (including phenoxy) is 12. The van der Waals surface area contributed by atoms with Crippen molar-refractivity contribution in [2.24, 2.45) is 17.8 Å². The predicted octanol–water partition coefficient (Wildman–Crippen LogP) is -1.34. The van der Waals surface area contributed by atoms with Gasteiger partial charge in [-0.1, -0.05) is 45.4 Å². The van der Waals surface area contributed by atoms with Crippen molar-refractivity contribution < 1.29 is 115 Å². The molecular formula is C53H84N4O24. The van der Waals surface area contributed by atoms with Crippen molar-refractivity contribution in [2.45, 2.75) is 205 Å². The Bertz CT molecular complexity index is 2100. The van der Waals surface area contributed by atoms with Gasteiger partial charge in [0.15, 0.2) is 49.2 Å². The minimum Gasteiger partial charge on any atom is -0.463 e. The average molecular weight is 1160 g/mol. The van der Waals surface area contributed by atoms with Gasteiger partial charge in [-0.25, -0.2) is 4.79 Å². The lowest BCUT2D eigenvalue weighted by molar-refractivity contribution is -0.344. The van der Waals surface area contributed by atoms with E-state index in [1.54, 1.807) is 6.92 Å². The Morgan fingerprint density at radius 2 is 1.35 bits per heavy atom. The predicted molar refractivity (Wildman–Crippen MR) is 274 cm³/mol. The van der Waals surface area contributed by atoms with Crippen molar-refractivity contribution in [1.82, 2.24) is 21.3 Å². The van der Waals surface area contributed by atoms with Gasteiger partial charge in [-0.3, -0.25) is 38.4 Å². The number of carbonyl (C=O) groups excluding carboxylic acids is 9. The summed E-state index contributed by atoms with van der Waals surface area (Å²) in [6.07, 6.45) is -12.3. The van der Waals surface area contributed by atoms with Gasteiger partial charge >= 0.3 is 29.8 Å². The number of amides is 4. The Hall–Kier alpha value is -5.17. The number of nitrogens with one attached hydrogen (secondary N) is 4. The first-order chi connectivity index (χ1) is 38.6. The summed E-state index contributed by atoms with van der Waals surface area (Å²) >= 11 is 0. The first-order valence-electron chi connectivity index (χ1n) is 27.9. The van der Waals surface area contributed by atoms with Crippen LogP contribution in [0.25, 0.3) is 0 Å². The molecule has 3 saturated heterocycles. The lowest BCUT2D eigenvalue weighted by atomic mass is 9.75. The van der Waals surface area contributed by atoms with E-state index in [1.807, 2.05) is 6.92 Å². The summed E-state index contributed by atoms with van der Waals surface area (Å²) in [5.74, 6) is -6.88. The third kappa shape index (κ3) is 20.6. The molecule has 28 nitrogen and oxygen atoms in total. The molecule has 5 rings (SSSR count). The zero-order valence-corrected chi connectivity index (χ0v) is 47.2. The van der Waals surface area contributed by atoms with E-state index in [4.69, 9.17) is 61.9 Å². The van der Waals surface area contributed by atoms with Crippen LogP contribution in [0.5, 0.6) is 0 Å². The monoisotopic (exact) mass is 1160 g/mol. The standard InChI is InChI=1S/C53H84N4O24/c1-8-34-23-35(49(67)55-16-15-54-40(65)14-18-70-20-21-71-19-17-56-50(68)42(66)36(64)25-58)24-37(44(34)81-53-48(76-32(7)63)47(75-31(6)62)43(27(2)73-53)74-30(5)61)78-52-41(57-28(3)59)46-45(39(79-52)26-72-29(4)60)80-51(69)38(77-46)22-33-12-10-9-11-13-33/h27,33-39,41-48,52-53,58,64,66H,8-26H2,1-7H3,(H,54,65)(H,55,67)(H,56,68)(H,57,59)/t27?,34-,35?,36-,37?,38-,39+,41?,42+,43?,44?,45?,46?,47?,48?,52-,53?/m1/s1. The van der Waals surface area contributed by atoms with Crippen LogP contribution in [0.1, 0.15) is 113 Å². The van der Waals surface area contributed by atoms with Crippen molar-refractivity contribution in [1.29, 1.82) is 0 Å². The van der Waals surface area contributed by atoms with Crippen LogP contribution < -0.4 is 21.3 Å². The number of rotatable bonds is 29. The van der Waals surface area contributed by atoms with Gasteiger partial charge in [0.25, 0.3) is 5.91 Å². The SMILES string of the molecule is CC[C@@H]1CC(C(=O)NCCNC(=O)CCOCCOCCNC(=O)[C@@H](O)[C@H](O)CO)CC(O[C@@H]2O[C@@H](COC(C)=O)C3OC(=O)[C@@H](CC4CCCCC4)OC3C2NC(C)=O)C1OC1OC(C)C(OC(C)=O)C(OC(C)=O)C1OC(C)=O. The van der Waals surface area contributed by atoms with Crippen molar-refractivity contribution in [3.8, 4) is 0 Å². The highest BCUT2D eigenvalue weighted by Crippen LogP contribution is 2.42. The second-order valence-electron chi connectivity index (χ2n) is 20.9. The molecule has 2 saturated carbocycles. The average Bonchev–Trinajstić information content (AvgIpc) is 3.61. The zero-order valence-electron chi connectivity index (χ0n) is 47.2. The molecule has 2 aliphatic carbocycles. The second kappa shape index (κ2) is 33.2. The summed E-state index contributed by atoms with van der Waals surface area (Å²) in [5.41, 5.74) is 0. The van der Waals surface area contributed by atoms with Gasteiger partial charge in [-0.2, -0.15) is 0 Å². The van der Waals surface area contributed by atoms with E-state index in [0.29, 0.717) is 12.8 Å². The van der Waals surface area contributed by atoms with E-state index in [-0.39, 0.29) is 77.1 Å². The molecule has 11 unspecified atom stereocenters. The number of hydrogen-bond donors (Lipinski definition) is 7. The quantitative estimate of drug-likeness (QED) is 0.0259. The van der Waals surface area contributed by atoms with Gasteiger partial charge in [-0.05, 0) is 38.0 Å². The summed E-state index contributed by atoms with van der Waals surface area (Å²) < 4.78 is 72.4. The molecule has 5 fully saturated rings. The Labute approximate surface area is 470 Å². The van der Waals surface area contributed by atoms with Gasteiger partial charge in [0.2, 0.25) is 17.7 Å². The van der Waals surface area contributed by atoms with E-state index in [0.717, 1.165) is 52.9 Å². The fourth-order valence-electron chi connectivity index (χ4n) is 10.8. The molecular weight excluding hydrogens is 1080 g/mol. The Morgan fingerprint density at radius 1 is 0.691 bits per heavy atom. The number of aliphatic hydroxyl groups is 3. The van der Waals surface area contributed by atoms with Crippen LogP contribution in [0, 0.1) is 17.8 Å². The largest absolute Gasteiger partial charge is 0.463 e. The van der Waals surface area contributed by atoms with Gasteiger partial charge in [0.05, 0.1) is 51.3 Å². The molecule has 0 radical (unpaired) electrons. The van der Waals surface area contributed by atoms with Crippen LogP contribution in [0.4, 0.5) is 0 Å². The Morgan fingerprint density at radius 3 is 1.99 bits per heavy atom. The summed E-state index contributed by atoms with van der Waals surface area (Å²) in [6.45, 7) is 8.60. The number of hydrogen-bond acceptors (Lipinski definition) is 24. The maximum absolute atomic E-state index is 14.2. The van der Waals surface area contributed by atoms with Crippen molar-refractivity contribution in [2.75, 3.05) is 59.3 Å². The number of esters is 5. The van der Waals surface area contributed by atoms with E-state index in [2.05, 4.69) is 21.3 Å². The first kappa shape index (κ1) is 66.6. The molecule has 0 aromatic rings. The van der Waals surface area contributed by atoms with Gasteiger partial charge in [0.1, 0.15) is 31.0 Å². The summed E-state index contributed by atoms with van der Waals surface area (Å²) in [5, 5.41) is 38.7. The van der Waals surface area contributed by atoms with E-state index in [1.165, 1.54) is 13.8 Å². The number of carbonyl (C=O) groups is 9. The number of fused-ring (bicyclic) bond motifs is 1. The molecule has 0 bridgehead atoms. The highest BCUT2D eigenvalue weighted by molar-refractivity contribution is 5.81. The molecule has 7 N–H and O–H groups in total. The molecule has 3 heterocycles. The van der Waals surface area contributed by atoms with Crippen LogP contribution >= 0.6 is 0 Å². The summed E-state index contributed by atoms with van der Waals surface area (Å²) in [6, 6.07) is -1.17. The maximum atomic E-state index is 14.2. The van der Waals surface area contributed by atoms with Crippen LogP contribution in [-0.4, -0.2) is 220 Å². The third-order valence-corrected chi connectivity index (χ3v) is 14.6. The smallest absolute Gasteiger partial charge is 0.335 e. The van der Waals surface area contributed by atoms with Gasteiger partial charge in [-0.15, -0.1) is 0 Å². The normalized spacial score (nSPS) is 31.1. The van der Waals surface area contributed by atoms with Crippen LogP contribution in [0.3, 0.4) is 0 Å². The Kier molecular flexibility index (Phi) is 27.3. The molecule has 0 spiro atoms. The lowest BCUT2D eigenvalue weighted by Gasteiger charge is -2.51. The van der Waals surface area contributed by atoms with Gasteiger partial charge < -0.3 is 93.4 Å². The molecule has 0 aromatic heterocycles. The lowest BCUT2D eigenvalue weighted by Crippen LogP contribution is -2.70. The fraction of sp³-hybridized carbons (Fsp3) is 0.830. The van der Waals surface area contributed by atoms with Crippen molar-refractivity contribution in [3.05, 3.63) is 0 Å². The Balaban J connectivity index is 1.33. The molecule has 460 valence electrons. The van der Waals surface area contributed by atoms with Crippen molar-refractivity contribution >= 4 is 53.5 Å². The van der Waals surface area contributed by atoms with E-state index >= 15 is 0 Å². The molecule has 17 atom stereocenters. The van der Waals surface area contributed by atoms with Gasteiger partial charge in [0, 0.05) is 66.6 Å². The first-order valence-corrected chi connectivity index (χ1v) is 27.9. The third-order valence-electron chi connectivity index (χ3n) is 14.6. The summed E-state index contributed by atoms with van der Waals surface area (Å²) in [4.78, 5) is 115. The molecule has 0 aromatic carbocycles. The second-order valence-corrected chi connectivity index (χ2v) is 20.9. The molecule has 5 aliphatic rings. The zero-order chi connectivity index (χ0) is 59.3. The maximum Gasteiger partial charge on any atom is 0.335 e. The topological polar surface area (TPSA) is 373 Å². The molecule has 3 aliphatic heterocycles. The molecule has 28 heteroatoms. The highest BCUT2D eigenvalue weighted by atomic mass is 16.8. The minimum atomic E-state index is -1.78. The van der Waals surface area contributed by atoms with Crippen molar-refractivity contribution in [3.63, 3.8) is 0 Å². The van der Waals surface area contributed by atoms with E-state index < -0.39 is 164 Å². The van der Waals surface area contributed by atoms with Crippen LogP contribution in [0.2, 0.25) is 0 Å². The minimum absolute atomic E-state index is 0.00910. The van der Waals surface area contributed by atoms with Crippen LogP contribution in [-0.2, 0) is 100.0 Å². The van der Waals surface area contributed by atoms with Crippen LogP contribution in [0.15, 0.2) is 0 Å². The highest BCUT2D eigenvalue weighted by Gasteiger charge is 2.57.